The summed E-state index contributed by atoms with van der Waals surface area (Å²) in [6.45, 7) is 11.5. The predicted octanol–water partition coefficient (Wildman–Crippen LogP) is 6.25. The van der Waals surface area contributed by atoms with Crippen LogP contribution >= 0.6 is 23.1 Å². The summed E-state index contributed by atoms with van der Waals surface area (Å²) in [4.78, 5) is 14.1. The molecule has 2 heterocycles. The number of nitrogens with one attached hydrogen (secondary N) is 1. The number of nitriles is 1. The number of para-hydroxylation sites is 1. The highest BCUT2D eigenvalue weighted by Crippen LogP contribution is 2.44. The molecule has 1 N–H and O–H groups in total. The third-order valence-electron chi connectivity index (χ3n) is 6.67. The molecule has 7 nitrogen and oxygen atoms in total. The van der Waals surface area contributed by atoms with Crippen molar-refractivity contribution in [1.29, 1.82) is 5.26 Å². The maximum Gasteiger partial charge on any atom is 0.235 e. The highest BCUT2D eigenvalue weighted by Gasteiger charge is 2.32. The van der Waals surface area contributed by atoms with Crippen LogP contribution in [0.4, 0.5) is 5.00 Å². The molecule has 0 saturated heterocycles. The zero-order valence-electron chi connectivity index (χ0n) is 21.5. The summed E-state index contributed by atoms with van der Waals surface area (Å²) in [7, 11) is 0. The van der Waals surface area contributed by atoms with Crippen molar-refractivity contribution in [2.75, 3.05) is 11.1 Å². The van der Waals surface area contributed by atoms with E-state index in [1.54, 1.807) is 11.3 Å². The minimum absolute atomic E-state index is 0.150. The summed E-state index contributed by atoms with van der Waals surface area (Å²) in [6, 6.07) is 12.0. The van der Waals surface area contributed by atoms with Gasteiger partial charge in [0.25, 0.3) is 0 Å². The molecule has 0 bridgehead atoms. The Bertz CT molecular complexity index is 1250. The molecule has 2 aromatic heterocycles. The predicted molar refractivity (Wildman–Crippen MR) is 145 cm³/mol. The van der Waals surface area contributed by atoms with Gasteiger partial charge in [-0.15, -0.1) is 21.5 Å². The summed E-state index contributed by atoms with van der Waals surface area (Å²) < 4.78 is 7.99. The van der Waals surface area contributed by atoms with E-state index in [9.17, 15) is 10.1 Å². The van der Waals surface area contributed by atoms with Crippen LogP contribution in [0.5, 0.6) is 5.75 Å². The molecule has 9 heteroatoms. The first-order valence-corrected chi connectivity index (χ1v) is 14.1. The van der Waals surface area contributed by atoms with Gasteiger partial charge in [0, 0.05) is 11.4 Å². The van der Waals surface area contributed by atoms with Crippen LogP contribution in [-0.4, -0.2) is 26.4 Å². The molecule has 1 amide bonds. The number of fused-ring (bicyclic) bond motifs is 1. The number of aromatic nitrogens is 3. The van der Waals surface area contributed by atoms with Gasteiger partial charge in [0.2, 0.25) is 5.91 Å². The van der Waals surface area contributed by atoms with E-state index in [1.807, 2.05) is 48.7 Å². The first-order chi connectivity index (χ1) is 17.2. The Labute approximate surface area is 221 Å². The van der Waals surface area contributed by atoms with Gasteiger partial charge < -0.3 is 14.6 Å². The maximum absolute atomic E-state index is 12.9. The number of benzene rings is 1. The molecule has 0 aliphatic heterocycles. The van der Waals surface area contributed by atoms with Gasteiger partial charge in [-0.1, -0.05) is 50.7 Å². The van der Waals surface area contributed by atoms with Gasteiger partial charge in [-0.3, -0.25) is 4.79 Å². The van der Waals surface area contributed by atoms with Crippen molar-refractivity contribution in [1.82, 2.24) is 14.8 Å². The summed E-state index contributed by atoms with van der Waals surface area (Å²) >= 11 is 2.90. The molecule has 2 atom stereocenters. The molecule has 0 saturated carbocycles. The van der Waals surface area contributed by atoms with Crippen LogP contribution in [0.3, 0.4) is 0 Å². The fourth-order valence-corrected chi connectivity index (χ4v) is 6.69. The standard InChI is InChI=1S/C27H33N5O2S2/c1-6-32-24(17(2)34-19-10-8-7-9-11-19)30-31-26(32)35-16-23(33)29-25-21(15-28)20-13-12-18(27(3,4)5)14-22(20)36-25/h7-11,17-18H,6,12-14,16H2,1-5H3,(H,29,33)/t17-,18+/m0/s1. The Morgan fingerprint density at radius 1 is 1.33 bits per heavy atom. The van der Waals surface area contributed by atoms with Crippen molar-refractivity contribution in [2.24, 2.45) is 11.3 Å². The Morgan fingerprint density at radius 3 is 2.75 bits per heavy atom. The monoisotopic (exact) mass is 523 g/mol. The van der Waals surface area contributed by atoms with E-state index in [0.29, 0.717) is 28.2 Å². The number of thioether (sulfide) groups is 1. The van der Waals surface area contributed by atoms with Gasteiger partial charge in [-0.2, -0.15) is 5.26 Å². The van der Waals surface area contributed by atoms with Gasteiger partial charge in [-0.05, 0) is 62.1 Å². The average Bonchev–Trinajstić information content (AvgIpc) is 3.42. The normalized spacial score (nSPS) is 16.2. The number of anilines is 1. The molecular formula is C27H33N5O2S2. The molecule has 36 heavy (non-hydrogen) atoms. The second-order valence-corrected chi connectivity index (χ2v) is 12.2. The largest absolute Gasteiger partial charge is 0.483 e. The number of carbonyl (C=O) groups excluding carboxylic acids is 1. The van der Waals surface area contributed by atoms with Crippen molar-refractivity contribution < 1.29 is 9.53 Å². The van der Waals surface area contributed by atoms with Crippen molar-refractivity contribution >= 4 is 34.0 Å². The highest BCUT2D eigenvalue weighted by molar-refractivity contribution is 7.99. The van der Waals surface area contributed by atoms with Crippen molar-refractivity contribution in [2.45, 2.75) is 71.7 Å². The summed E-state index contributed by atoms with van der Waals surface area (Å²) in [5, 5.41) is 22.8. The number of thiophene rings is 1. The molecule has 0 radical (unpaired) electrons. The molecule has 0 unspecified atom stereocenters. The van der Waals surface area contributed by atoms with Gasteiger partial charge in [0.05, 0.1) is 11.3 Å². The first kappa shape index (κ1) is 26.2. The van der Waals surface area contributed by atoms with Crippen LogP contribution in [0.1, 0.15) is 69.0 Å². The lowest BCUT2D eigenvalue weighted by molar-refractivity contribution is -0.113. The SMILES string of the molecule is CCn1c(SCC(=O)Nc2sc3c(c2C#N)CC[C@@H](C(C)(C)C)C3)nnc1[C@H](C)Oc1ccccc1. The lowest BCUT2D eigenvalue weighted by atomic mass is 9.72. The van der Waals surface area contributed by atoms with Gasteiger partial charge in [0.15, 0.2) is 17.1 Å². The van der Waals surface area contributed by atoms with E-state index >= 15 is 0 Å². The third-order valence-corrected chi connectivity index (χ3v) is 8.81. The Kier molecular flexibility index (Phi) is 8.06. The minimum atomic E-state index is -0.282. The molecule has 0 fully saturated rings. The van der Waals surface area contributed by atoms with Crippen LogP contribution in [0.25, 0.3) is 0 Å². The van der Waals surface area contributed by atoms with E-state index in [4.69, 9.17) is 4.74 Å². The van der Waals surface area contributed by atoms with Crippen LogP contribution in [0.15, 0.2) is 35.5 Å². The summed E-state index contributed by atoms with van der Waals surface area (Å²) in [5.74, 6) is 2.10. The maximum atomic E-state index is 12.9. The fourth-order valence-electron chi connectivity index (χ4n) is 4.58. The Balaban J connectivity index is 1.41. The van der Waals surface area contributed by atoms with E-state index in [-0.39, 0.29) is 23.2 Å². The van der Waals surface area contributed by atoms with Gasteiger partial charge in [0.1, 0.15) is 16.8 Å². The number of ether oxygens (including phenoxy) is 1. The summed E-state index contributed by atoms with van der Waals surface area (Å²) in [5.41, 5.74) is 1.98. The lowest BCUT2D eigenvalue weighted by Crippen LogP contribution is -2.26. The minimum Gasteiger partial charge on any atom is -0.483 e. The number of hydrogen-bond acceptors (Lipinski definition) is 7. The topological polar surface area (TPSA) is 92.8 Å². The number of hydrogen-bond donors (Lipinski definition) is 1. The smallest absolute Gasteiger partial charge is 0.235 e. The number of rotatable bonds is 8. The second kappa shape index (κ2) is 11.1. The highest BCUT2D eigenvalue weighted by atomic mass is 32.2. The average molecular weight is 524 g/mol. The molecule has 1 aliphatic rings. The number of nitrogens with zero attached hydrogens (tertiary/aromatic N) is 4. The Morgan fingerprint density at radius 2 is 2.08 bits per heavy atom. The van der Waals surface area contributed by atoms with Crippen LogP contribution < -0.4 is 10.1 Å². The molecule has 0 spiro atoms. The molecule has 1 aromatic carbocycles. The third kappa shape index (κ3) is 5.76. The van der Waals surface area contributed by atoms with Gasteiger partial charge >= 0.3 is 0 Å². The second-order valence-electron chi connectivity index (χ2n) is 10.1. The van der Waals surface area contributed by atoms with Crippen molar-refractivity contribution in [3.05, 3.63) is 52.2 Å². The lowest BCUT2D eigenvalue weighted by Gasteiger charge is -2.33. The van der Waals surface area contributed by atoms with E-state index in [0.717, 1.165) is 36.4 Å². The zero-order valence-corrected chi connectivity index (χ0v) is 23.1. The van der Waals surface area contributed by atoms with Crippen LogP contribution in [0.2, 0.25) is 0 Å². The van der Waals surface area contributed by atoms with Crippen molar-refractivity contribution in [3.8, 4) is 11.8 Å². The van der Waals surface area contributed by atoms with E-state index in [2.05, 4.69) is 42.4 Å². The van der Waals surface area contributed by atoms with Gasteiger partial charge in [-0.25, -0.2) is 0 Å². The molecule has 190 valence electrons. The van der Waals surface area contributed by atoms with E-state index < -0.39 is 0 Å². The fraction of sp³-hybridized carbons (Fsp3) is 0.481. The van der Waals surface area contributed by atoms with Crippen LogP contribution in [-0.2, 0) is 24.2 Å². The van der Waals surface area contributed by atoms with E-state index in [1.165, 1.54) is 16.6 Å². The quantitative estimate of drug-likeness (QED) is 0.351. The number of carbonyl (C=O) groups is 1. The molecule has 4 rings (SSSR count). The molecule has 3 aromatic rings. The first-order valence-electron chi connectivity index (χ1n) is 12.3. The molecule has 1 aliphatic carbocycles. The summed E-state index contributed by atoms with van der Waals surface area (Å²) in [6.07, 6.45) is 2.66. The Hall–Kier alpha value is -2.83. The van der Waals surface area contributed by atoms with Crippen LogP contribution in [0, 0.1) is 22.7 Å². The van der Waals surface area contributed by atoms with Crippen molar-refractivity contribution in [3.63, 3.8) is 0 Å². The zero-order chi connectivity index (χ0) is 25.9. The molecular weight excluding hydrogens is 490 g/mol. The number of amides is 1.